The lowest BCUT2D eigenvalue weighted by Crippen LogP contribution is -2.42. The van der Waals surface area contributed by atoms with E-state index in [4.69, 9.17) is 4.74 Å². The zero-order valence-corrected chi connectivity index (χ0v) is 17.9. The van der Waals surface area contributed by atoms with Gasteiger partial charge in [0.05, 0.1) is 19.2 Å². The first kappa shape index (κ1) is 20.2. The number of methoxy groups -OCH3 is 1. The highest BCUT2D eigenvalue weighted by atomic mass is 79.9. The van der Waals surface area contributed by atoms with E-state index in [-0.39, 0.29) is 18.4 Å². The average Bonchev–Trinajstić information content (AvgIpc) is 3.13. The molecule has 0 bridgehead atoms. The number of benzene rings is 2. The number of carbonyl (C=O) groups excluding carboxylic acids is 3. The third-order valence-electron chi connectivity index (χ3n) is 5.24. The van der Waals surface area contributed by atoms with E-state index in [2.05, 4.69) is 26.2 Å². The van der Waals surface area contributed by atoms with Crippen LogP contribution in [0, 0.1) is 0 Å². The van der Waals surface area contributed by atoms with Gasteiger partial charge in [-0.05, 0) is 36.4 Å². The van der Waals surface area contributed by atoms with Gasteiger partial charge in [0.2, 0.25) is 5.91 Å². The summed E-state index contributed by atoms with van der Waals surface area (Å²) in [5.74, 6) is -0.842. The van der Waals surface area contributed by atoms with Crippen molar-refractivity contribution in [2.45, 2.75) is 13.0 Å². The van der Waals surface area contributed by atoms with E-state index in [1.54, 1.807) is 35.2 Å². The van der Waals surface area contributed by atoms with Crippen molar-refractivity contribution in [1.29, 1.82) is 0 Å². The number of nitrogens with one attached hydrogen (secondary N) is 2. The molecule has 7 nitrogen and oxygen atoms in total. The Kier molecular flexibility index (Phi) is 5.59. The normalized spacial score (nSPS) is 13.1. The maximum Gasteiger partial charge on any atom is 0.337 e. The van der Waals surface area contributed by atoms with Crippen molar-refractivity contribution >= 4 is 44.6 Å². The average molecular weight is 470 g/mol. The number of H-pyrrole nitrogens is 1. The minimum atomic E-state index is -0.397. The van der Waals surface area contributed by atoms with Crippen molar-refractivity contribution in [1.82, 2.24) is 15.2 Å². The molecule has 0 fully saturated rings. The molecule has 2 amide bonds. The summed E-state index contributed by atoms with van der Waals surface area (Å²) in [6, 6.07) is 12.4. The highest BCUT2D eigenvalue weighted by molar-refractivity contribution is 9.10. The Labute approximate surface area is 181 Å². The van der Waals surface area contributed by atoms with Crippen LogP contribution in [0.25, 0.3) is 10.9 Å². The van der Waals surface area contributed by atoms with Crippen LogP contribution in [0.5, 0.6) is 0 Å². The number of hydrogen-bond donors (Lipinski definition) is 2. The Morgan fingerprint density at radius 2 is 2.00 bits per heavy atom. The van der Waals surface area contributed by atoms with Gasteiger partial charge in [0, 0.05) is 51.7 Å². The molecule has 0 radical (unpaired) electrons. The number of halogens is 1. The fourth-order valence-electron chi connectivity index (χ4n) is 3.67. The summed E-state index contributed by atoms with van der Waals surface area (Å²) in [6.07, 6.45) is 0.683. The van der Waals surface area contributed by atoms with Crippen LogP contribution in [0.15, 0.2) is 46.9 Å². The van der Waals surface area contributed by atoms with Crippen LogP contribution in [-0.4, -0.2) is 47.9 Å². The Morgan fingerprint density at radius 1 is 1.17 bits per heavy atom. The van der Waals surface area contributed by atoms with Crippen LogP contribution in [0.1, 0.15) is 32.0 Å². The minimum absolute atomic E-state index is 0.0730. The number of amides is 2. The number of hydrogen-bond acceptors (Lipinski definition) is 4. The number of nitrogens with zero attached hydrogens (tertiary/aromatic N) is 1. The summed E-state index contributed by atoms with van der Waals surface area (Å²) >= 11 is 3.34. The van der Waals surface area contributed by atoms with Gasteiger partial charge in [-0.1, -0.05) is 22.0 Å². The topological polar surface area (TPSA) is 91.5 Å². The fourth-order valence-corrected chi connectivity index (χ4v) is 4.07. The van der Waals surface area contributed by atoms with Gasteiger partial charge in [-0.2, -0.15) is 0 Å². The van der Waals surface area contributed by atoms with Gasteiger partial charge in [0.15, 0.2) is 0 Å². The maximum atomic E-state index is 12.7. The van der Waals surface area contributed by atoms with E-state index in [1.165, 1.54) is 7.11 Å². The van der Waals surface area contributed by atoms with Gasteiger partial charge in [-0.15, -0.1) is 0 Å². The second-order valence-corrected chi connectivity index (χ2v) is 8.01. The molecule has 8 heteroatoms. The van der Waals surface area contributed by atoms with Crippen molar-refractivity contribution in [3.8, 4) is 0 Å². The molecule has 30 heavy (non-hydrogen) atoms. The van der Waals surface area contributed by atoms with E-state index in [0.717, 1.165) is 26.6 Å². The molecule has 2 aromatic carbocycles. The first-order valence-corrected chi connectivity index (χ1v) is 10.3. The highest BCUT2D eigenvalue weighted by Gasteiger charge is 2.25. The first-order valence-electron chi connectivity index (χ1n) is 9.49. The molecule has 1 aromatic heterocycles. The Morgan fingerprint density at radius 3 is 2.77 bits per heavy atom. The number of fused-ring (bicyclic) bond motifs is 3. The lowest BCUT2D eigenvalue weighted by atomic mass is 10.0. The van der Waals surface area contributed by atoms with Gasteiger partial charge in [0.25, 0.3) is 5.91 Å². The van der Waals surface area contributed by atoms with Gasteiger partial charge in [-0.3, -0.25) is 9.59 Å². The van der Waals surface area contributed by atoms with Crippen LogP contribution >= 0.6 is 15.9 Å². The SMILES string of the molecule is COC(=O)c1ccc2[nH]c3c(c2c1)CN(C(=O)CNC(=O)c1cccc(Br)c1)CC3. The third-order valence-corrected chi connectivity index (χ3v) is 5.73. The summed E-state index contributed by atoms with van der Waals surface area (Å²) < 4.78 is 5.61. The largest absolute Gasteiger partial charge is 0.465 e. The van der Waals surface area contributed by atoms with E-state index in [1.807, 2.05) is 12.1 Å². The molecular formula is C22H20BrN3O4. The maximum absolute atomic E-state index is 12.7. The molecule has 0 saturated carbocycles. The molecule has 2 heterocycles. The number of aromatic amines is 1. The molecule has 0 atom stereocenters. The lowest BCUT2D eigenvalue weighted by Gasteiger charge is -2.27. The molecule has 0 aliphatic carbocycles. The first-order chi connectivity index (χ1) is 14.5. The molecule has 2 N–H and O–H groups in total. The fraction of sp³-hybridized carbons (Fsp3) is 0.227. The van der Waals surface area contributed by atoms with E-state index < -0.39 is 5.97 Å². The Balaban J connectivity index is 1.47. The van der Waals surface area contributed by atoms with Crippen molar-refractivity contribution in [2.75, 3.05) is 20.2 Å². The van der Waals surface area contributed by atoms with Crippen LogP contribution in [0.2, 0.25) is 0 Å². The van der Waals surface area contributed by atoms with Crippen molar-refractivity contribution < 1.29 is 19.1 Å². The predicted molar refractivity (Wildman–Crippen MR) is 115 cm³/mol. The van der Waals surface area contributed by atoms with Crippen molar-refractivity contribution in [3.63, 3.8) is 0 Å². The van der Waals surface area contributed by atoms with Crippen LogP contribution in [0.4, 0.5) is 0 Å². The standard InChI is InChI=1S/C22H20BrN3O4/c1-30-22(29)14-5-6-18-16(10-14)17-12-26(8-7-19(17)25-18)20(27)11-24-21(28)13-3-2-4-15(23)9-13/h2-6,9-10,25H,7-8,11-12H2,1H3,(H,24,28). The summed E-state index contributed by atoms with van der Waals surface area (Å²) in [4.78, 5) is 42.0. The number of aromatic nitrogens is 1. The predicted octanol–water partition coefficient (Wildman–Crippen LogP) is 3.03. The summed E-state index contributed by atoms with van der Waals surface area (Å²) in [6.45, 7) is 0.914. The molecule has 1 aliphatic rings. The smallest absolute Gasteiger partial charge is 0.337 e. The summed E-state index contributed by atoms with van der Waals surface area (Å²) in [5, 5.41) is 3.60. The van der Waals surface area contributed by atoms with Crippen molar-refractivity contribution in [2.24, 2.45) is 0 Å². The third kappa shape index (κ3) is 3.95. The molecule has 154 valence electrons. The van der Waals surface area contributed by atoms with Gasteiger partial charge >= 0.3 is 5.97 Å². The second kappa shape index (κ2) is 8.31. The molecule has 3 aromatic rings. The second-order valence-electron chi connectivity index (χ2n) is 7.09. The minimum Gasteiger partial charge on any atom is -0.465 e. The summed E-state index contributed by atoms with van der Waals surface area (Å²) in [5.41, 5.74) is 3.94. The monoisotopic (exact) mass is 469 g/mol. The Hall–Kier alpha value is -3.13. The van der Waals surface area contributed by atoms with E-state index in [9.17, 15) is 14.4 Å². The quantitative estimate of drug-likeness (QED) is 0.574. The summed E-state index contributed by atoms with van der Waals surface area (Å²) in [7, 11) is 1.35. The van der Waals surface area contributed by atoms with E-state index >= 15 is 0 Å². The van der Waals surface area contributed by atoms with Gasteiger partial charge < -0.3 is 19.9 Å². The zero-order chi connectivity index (χ0) is 21.3. The molecule has 4 rings (SSSR count). The van der Waals surface area contributed by atoms with Gasteiger partial charge in [0.1, 0.15) is 0 Å². The Bertz CT molecular complexity index is 1150. The molecule has 0 spiro atoms. The number of carbonyl (C=O) groups is 3. The number of esters is 1. The van der Waals surface area contributed by atoms with Crippen LogP contribution in [-0.2, 0) is 22.5 Å². The highest BCUT2D eigenvalue weighted by Crippen LogP contribution is 2.28. The van der Waals surface area contributed by atoms with Crippen LogP contribution < -0.4 is 5.32 Å². The van der Waals surface area contributed by atoms with Crippen LogP contribution in [0.3, 0.4) is 0 Å². The molecule has 1 aliphatic heterocycles. The number of ether oxygens (including phenoxy) is 1. The van der Waals surface area contributed by atoms with E-state index in [0.29, 0.717) is 30.6 Å². The molecule has 0 unspecified atom stereocenters. The molecule has 0 saturated heterocycles. The van der Waals surface area contributed by atoms with Crippen molar-refractivity contribution in [3.05, 3.63) is 69.3 Å². The lowest BCUT2D eigenvalue weighted by molar-refractivity contribution is -0.131. The molecular weight excluding hydrogens is 450 g/mol. The zero-order valence-electron chi connectivity index (χ0n) is 16.3. The number of rotatable bonds is 4. The van der Waals surface area contributed by atoms with Gasteiger partial charge in [-0.25, -0.2) is 4.79 Å².